The molecule has 28 heavy (non-hydrogen) atoms. The lowest BCUT2D eigenvalue weighted by Gasteiger charge is -2.31. The summed E-state index contributed by atoms with van der Waals surface area (Å²) in [4.78, 5) is 27.6. The molecule has 0 spiro atoms. The van der Waals surface area contributed by atoms with Gasteiger partial charge in [0.2, 0.25) is 11.8 Å². The third-order valence-electron chi connectivity index (χ3n) is 5.83. The average Bonchev–Trinajstić information content (AvgIpc) is 2.72. The van der Waals surface area contributed by atoms with Crippen molar-refractivity contribution in [1.82, 2.24) is 0 Å². The Morgan fingerprint density at radius 2 is 1.46 bits per heavy atom. The molecule has 2 amide bonds. The molecular weight excluding hydrogens is 348 g/mol. The summed E-state index contributed by atoms with van der Waals surface area (Å²) in [6.45, 7) is 6.70. The van der Waals surface area contributed by atoms with Gasteiger partial charge in [0.15, 0.2) is 0 Å². The molecule has 2 aromatic carbocycles. The molecule has 0 aliphatic heterocycles. The first-order chi connectivity index (χ1) is 13.5. The number of anilines is 2. The number of nitrogens with one attached hydrogen (secondary N) is 1. The molecule has 1 fully saturated rings. The zero-order chi connectivity index (χ0) is 20.1. The van der Waals surface area contributed by atoms with E-state index in [9.17, 15) is 9.59 Å². The molecule has 0 bridgehead atoms. The minimum absolute atomic E-state index is 0.00408. The van der Waals surface area contributed by atoms with Crippen molar-refractivity contribution in [1.29, 1.82) is 0 Å². The predicted molar refractivity (Wildman–Crippen MR) is 114 cm³/mol. The van der Waals surface area contributed by atoms with Crippen LogP contribution in [0.4, 0.5) is 11.4 Å². The minimum atomic E-state index is -0.0187. The van der Waals surface area contributed by atoms with Crippen LogP contribution in [0.2, 0.25) is 0 Å². The van der Waals surface area contributed by atoms with Crippen LogP contribution >= 0.6 is 0 Å². The number of para-hydroxylation sites is 2. The topological polar surface area (TPSA) is 49.4 Å². The predicted octanol–water partition coefficient (Wildman–Crippen LogP) is 5.10. The van der Waals surface area contributed by atoms with Crippen LogP contribution in [0.3, 0.4) is 0 Å². The summed E-state index contributed by atoms with van der Waals surface area (Å²) in [5.74, 6) is 0.250. The Labute approximate surface area is 167 Å². The molecule has 0 aromatic heterocycles. The summed E-state index contributed by atoms with van der Waals surface area (Å²) in [6.07, 6.45) is 3.07. The van der Waals surface area contributed by atoms with Crippen molar-refractivity contribution in [2.45, 2.75) is 46.5 Å². The number of carbonyl (C=O) groups excluding carboxylic acids is 2. The molecule has 1 N–H and O–H groups in total. The van der Waals surface area contributed by atoms with Gasteiger partial charge in [-0.2, -0.15) is 0 Å². The first-order valence-electron chi connectivity index (χ1n) is 10.2. The maximum atomic E-state index is 13.0. The lowest BCUT2D eigenvalue weighted by molar-refractivity contribution is -0.126. The highest BCUT2D eigenvalue weighted by atomic mass is 16.2. The number of aryl methyl sites for hydroxylation is 2. The van der Waals surface area contributed by atoms with E-state index >= 15 is 0 Å². The summed E-state index contributed by atoms with van der Waals surface area (Å²) >= 11 is 0. The van der Waals surface area contributed by atoms with E-state index in [4.69, 9.17) is 0 Å². The second kappa shape index (κ2) is 9.05. The van der Waals surface area contributed by atoms with Gasteiger partial charge in [0.1, 0.15) is 0 Å². The minimum Gasteiger partial charge on any atom is -0.325 e. The number of hydrogen-bond acceptors (Lipinski definition) is 2. The van der Waals surface area contributed by atoms with Crippen molar-refractivity contribution >= 4 is 23.2 Å². The molecule has 0 saturated heterocycles. The second-order valence-corrected chi connectivity index (χ2v) is 7.72. The molecule has 4 nitrogen and oxygen atoms in total. The van der Waals surface area contributed by atoms with Crippen LogP contribution in [0.5, 0.6) is 0 Å². The molecule has 1 aliphatic carbocycles. The summed E-state index contributed by atoms with van der Waals surface area (Å²) in [5, 5.41) is 3.12. The lowest BCUT2D eigenvalue weighted by atomic mass is 9.80. The molecule has 1 saturated carbocycles. The number of amides is 2. The third kappa shape index (κ3) is 4.44. The van der Waals surface area contributed by atoms with Gasteiger partial charge in [0.05, 0.1) is 0 Å². The van der Waals surface area contributed by atoms with Crippen LogP contribution in [0.15, 0.2) is 48.5 Å². The largest absolute Gasteiger partial charge is 0.325 e. The summed E-state index contributed by atoms with van der Waals surface area (Å²) in [5.41, 5.74) is 4.04. The molecule has 0 unspecified atom stereocenters. The van der Waals surface area contributed by atoms with E-state index in [1.807, 2.05) is 74.2 Å². The number of rotatable bonds is 5. The fourth-order valence-corrected chi connectivity index (χ4v) is 4.13. The summed E-state index contributed by atoms with van der Waals surface area (Å²) in [7, 11) is 0. The fraction of sp³-hybridized carbons (Fsp3) is 0.417. The van der Waals surface area contributed by atoms with Gasteiger partial charge in [-0.05, 0) is 69.7 Å². The average molecular weight is 379 g/mol. The van der Waals surface area contributed by atoms with Crippen LogP contribution in [-0.4, -0.2) is 18.4 Å². The van der Waals surface area contributed by atoms with Gasteiger partial charge >= 0.3 is 0 Å². The van der Waals surface area contributed by atoms with Crippen molar-refractivity contribution in [3.63, 3.8) is 0 Å². The molecule has 1 aliphatic rings. The number of nitrogens with zero attached hydrogens (tertiary/aromatic N) is 1. The molecular formula is C24H30N2O2. The van der Waals surface area contributed by atoms with Crippen molar-refractivity contribution in [3.05, 3.63) is 59.7 Å². The SMILES string of the molecule is CCN(C(=O)C1CCC(C(=O)Nc2c(C)cccc2C)CC1)c1ccccc1. The molecule has 0 radical (unpaired) electrons. The van der Waals surface area contributed by atoms with Gasteiger partial charge in [-0.15, -0.1) is 0 Å². The van der Waals surface area contributed by atoms with E-state index < -0.39 is 0 Å². The number of hydrogen-bond donors (Lipinski definition) is 1. The zero-order valence-corrected chi connectivity index (χ0v) is 17.1. The van der Waals surface area contributed by atoms with E-state index in [0.29, 0.717) is 6.54 Å². The van der Waals surface area contributed by atoms with E-state index in [2.05, 4.69) is 5.32 Å². The first kappa shape index (κ1) is 20.1. The van der Waals surface area contributed by atoms with Gasteiger partial charge in [0.25, 0.3) is 0 Å². The normalized spacial score (nSPS) is 19.1. The summed E-state index contributed by atoms with van der Waals surface area (Å²) < 4.78 is 0. The Balaban J connectivity index is 1.59. The van der Waals surface area contributed by atoms with E-state index in [0.717, 1.165) is 48.2 Å². The maximum absolute atomic E-state index is 13.0. The van der Waals surface area contributed by atoms with Crippen molar-refractivity contribution < 1.29 is 9.59 Å². The quantitative estimate of drug-likeness (QED) is 0.787. The number of carbonyl (C=O) groups is 2. The highest BCUT2D eigenvalue weighted by molar-refractivity contribution is 5.96. The standard InChI is InChI=1S/C24H30N2O2/c1-4-26(21-11-6-5-7-12-21)24(28)20-15-13-19(14-16-20)23(27)25-22-17(2)9-8-10-18(22)3/h5-12,19-20H,4,13-16H2,1-3H3,(H,25,27). The van der Waals surface area contributed by atoms with Gasteiger partial charge < -0.3 is 10.2 Å². The first-order valence-corrected chi connectivity index (χ1v) is 10.2. The van der Waals surface area contributed by atoms with Gasteiger partial charge in [-0.25, -0.2) is 0 Å². The molecule has 3 rings (SSSR count). The Hall–Kier alpha value is -2.62. The van der Waals surface area contributed by atoms with E-state index in [-0.39, 0.29) is 23.7 Å². The second-order valence-electron chi connectivity index (χ2n) is 7.72. The van der Waals surface area contributed by atoms with Crippen LogP contribution in [0.1, 0.15) is 43.7 Å². The van der Waals surface area contributed by atoms with E-state index in [1.165, 1.54) is 0 Å². The third-order valence-corrected chi connectivity index (χ3v) is 5.83. The number of benzene rings is 2. The Morgan fingerprint density at radius 1 is 0.893 bits per heavy atom. The molecule has 0 heterocycles. The zero-order valence-electron chi connectivity index (χ0n) is 17.1. The fourth-order valence-electron chi connectivity index (χ4n) is 4.13. The Bertz CT molecular complexity index is 804. The van der Waals surface area contributed by atoms with Crippen LogP contribution < -0.4 is 10.2 Å². The molecule has 0 atom stereocenters. The Kier molecular flexibility index (Phi) is 6.50. The van der Waals surface area contributed by atoms with E-state index in [1.54, 1.807) is 0 Å². The highest BCUT2D eigenvalue weighted by Crippen LogP contribution is 2.32. The lowest BCUT2D eigenvalue weighted by Crippen LogP contribution is -2.39. The summed E-state index contributed by atoms with van der Waals surface area (Å²) in [6, 6.07) is 15.9. The van der Waals surface area contributed by atoms with Gasteiger partial charge in [0, 0.05) is 29.8 Å². The van der Waals surface area contributed by atoms with Gasteiger partial charge in [-0.3, -0.25) is 9.59 Å². The highest BCUT2D eigenvalue weighted by Gasteiger charge is 2.32. The monoisotopic (exact) mass is 378 g/mol. The van der Waals surface area contributed by atoms with Crippen molar-refractivity contribution in [2.75, 3.05) is 16.8 Å². The van der Waals surface area contributed by atoms with Crippen LogP contribution in [0.25, 0.3) is 0 Å². The van der Waals surface area contributed by atoms with Crippen molar-refractivity contribution in [3.8, 4) is 0 Å². The smallest absolute Gasteiger partial charge is 0.230 e. The Morgan fingerprint density at radius 3 is 2.04 bits per heavy atom. The molecule has 4 heteroatoms. The molecule has 2 aromatic rings. The van der Waals surface area contributed by atoms with Crippen LogP contribution in [-0.2, 0) is 9.59 Å². The van der Waals surface area contributed by atoms with Gasteiger partial charge in [-0.1, -0.05) is 36.4 Å². The molecule has 148 valence electrons. The maximum Gasteiger partial charge on any atom is 0.230 e. The van der Waals surface area contributed by atoms with Crippen molar-refractivity contribution in [2.24, 2.45) is 11.8 Å². The van der Waals surface area contributed by atoms with Crippen LogP contribution in [0, 0.1) is 25.7 Å².